The number of nitrogens with two attached hydrogens (primary N) is 1. The Morgan fingerprint density at radius 3 is 1.36 bits per heavy atom. The maximum absolute atomic E-state index is 12.9. The molecule has 2 unspecified atom stereocenters. The number of rotatable bonds is 45. The topological polar surface area (TPSA) is 119 Å². The van der Waals surface area contributed by atoms with Crippen LogP contribution >= 0.6 is 0 Å². The molecule has 2 atom stereocenters. The predicted octanol–water partition coefficient (Wildman–Crippen LogP) is 14.6. The maximum Gasteiger partial charge on any atom is 0.326 e. The summed E-state index contributed by atoms with van der Waals surface area (Å²) in [4.78, 5) is 36.5. The second-order valence-electron chi connectivity index (χ2n) is 16.9. The van der Waals surface area contributed by atoms with Crippen LogP contribution in [0.3, 0.4) is 0 Å². The van der Waals surface area contributed by atoms with E-state index in [1.165, 1.54) is 128 Å². The molecule has 0 aromatic heterocycles. The molecule has 0 radical (unpaired) electrons. The van der Waals surface area contributed by atoms with E-state index in [1.54, 1.807) is 0 Å². The van der Waals surface area contributed by atoms with Crippen molar-refractivity contribution in [3.05, 3.63) is 36.5 Å². The minimum absolute atomic E-state index is 0.0118. The highest BCUT2D eigenvalue weighted by Crippen LogP contribution is 2.19. The molecule has 7 heteroatoms. The lowest BCUT2D eigenvalue weighted by molar-refractivity contribution is -0.150. The lowest BCUT2D eigenvalue weighted by Gasteiger charge is -2.18. The van der Waals surface area contributed by atoms with E-state index in [9.17, 15) is 19.5 Å². The van der Waals surface area contributed by atoms with Crippen LogP contribution in [0.5, 0.6) is 0 Å². The lowest BCUT2D eigenvalue weighted by Crippen LogP contribution is -2.40. The van der Waals surface area contributed by atoms with Crippen LogP contribution < -0.4 is 11.1 Å². The van der Waals surface area contributed by atoms with Gasteiger partial charge in [-0.15, -0.1) is 0 Å². The number of ether oxygens (including phenoxy) is 1. The minimum Gasteiger partial charge on any atom is -0.480 e. The van der Waals surface area contributed by atoms with Gasteiger partial charge >= 0.3 is 11.9 Å². The van der Waals surface area contributed by atoms with Gasteiger partial charge in [0.05, 0.1) is 0 Å². The zero-order chi connectivity index (χ0) is 42.4. The van der Waals surface area contributed by atoms with Gasteiger partial charge < -0.3 is 20.9 Å². The van der Waals surface area contributed by atoms with E-state index in [0.29, 0.717) is 32.2 Å². The first-order valence-corrected chi connectivity index (χ1v) is 24.8. The molecule has 7 nitrogen and oxygen atoms in total. The van der Waals surface area contributed by atoms with Crippen molar-refractivity contribution in [2.45, 2.75) is 264 Å². The van der Waals surface area contributed by atoms with Gasteiger partial charge in [-0.05, 0) is 116 Å². The maximum atomic E-state index is 12.9. The number of carboxylic acid groups (broad SMARTS) is 1. The van der Waals surface area contributed by atoms with E-state index in [4.69, 9.17) is 10.5 Å². The molecule has 0 aliphatic heterocycles. The fourth-order valence-electron chi connectivity index (χ4n) is 7.42. The van der Waals surface area contributed by atoms with Crippen LogP contribution in [0, 0.1) is 0 Å². The van der Waals surface area contributed by atoms with Crippen molar-refractivity contribution in [2.24, 2.45) is 5.73 Å². The van der Waals surface area contributed by atoms with Gasteiger partial charge in [-0.3, -0.25) is 9.59 Å². The summed E-state index contributed by atoms with van der Waals surface area (Å²) in [6, 6.07) is -0.860. The summed E-state index contributed by atoms with van der Waals surface area (Å²) < 4.78 is 6.07. The number of unbranched alkanes of at least 4 members (excludes halogenated alkanes) is 25. The van der Waals surface area contributed by atoms with E-state index in [-0.39, 0.29) is 18.0 Å². The first-order valence-electron chi connectivity index (χ1n) is 24.8. The van der Waals surface area contributed by atoms with Crippen molar-refractivity contribution >= 4 is 17.8 Å². The van der Waals surface area contributed by atoms with Gasteiger partial charge in [0.15, 0.2) is 0 Å². The third-order valence-electron chi connectivity index (χ3n) is 11.2. The standard InChI is InChI=1S/C51H94N2O5/c1-3-5-7-9-11-13-15-17-19-20-22-24-26-28-30-35-39-45-50(55)58-47(41-36-32-29-27-25-23-21-18-16-14-12-10-8-6-4-2)42-37-33-31-34-38-44-49(54)53-48(51(56)57)43-40-46-52/h16-19,23,25,47-48H,3-15,20-22,24,26-46,52H2,1-2H3,(H,53,54)(H,56,57)/b18-16-,19-17-,25-23-. The zero-order valence-electron chi connectivity index (χ0n) is 38.1. The third kappa shape index (κ3) is 41.7. The summed E-state index contributed by atoms with van der Waals surface area (Å²) in [7, 11) is 0. The van der Waals surface area contributed by atoms with Gasteiger partial charge in [-0.1, -0.05) is 166 Å². The number of hydrogen-bond donors (Lipinski definition) is 3. The number of nitrogens with one attached hydrogen (secondary N) is 1. The molecule has 0 aromatic carbocycles. The average molecular weight is 815 g/mol. The van der Waals surface area contributed by atoms with Crippen LogP contribution in [0.25, 0.3) is 0 Å². The molecule has 0 aliphatic rings. The summed E-state index contributed by atoms with van der Waals surface area (Å²) in [5.74, 6) is -1.24. The summed E-state index contributed by atoms with van der Waals surface area (Å²) in [6.07, 6.45) is 54.8. The van der Waals surface area contributed by atoms with Crippen LogP contribution in [0.1, 0.15) is 251 Å². The molecule has 0 saturated carbocycles. The summed E-state index contributed by atoms with van der Waals surface area (Å²) in [6.45, 7) is 4.94. The lowest BCUT2D eigenvalue weighted by atomic mass is 10.0. The molecule has 0 spiro atoms. The number of hydrogen-bond acceptors (Lipinski definition) is 5. The quantitative estimate of drug-likeness (QED) is 0.0320. The summed E-state index contributed by atoms with van der Waals surface area (Å²) in [5, 5.41) is 12.0. The number of amides is 1. The molecule has 0 fully saturated rings. The molecular formula is C51H94N2O5. The van der Waals surface area contributed by atoms with Crippen LogP contribution in [-0.4, -0.2) is 41.6 Å². The van der Waals surface area contributed by atoms with E-state index in [2.05, 4.69) is 55.6 Å². The summed E-state index contributed by atoms with van der Waals surface area (Å²) in [5.41, 5.74) is 5.50. The number of aliphatic carboxylic acids is 1. The number of carboxylic acids is 1. The number of carbonyl (C=O) groups is 3. The number of allylic oxidation sites excluding steroid dienone is 6. The second-order valence-corrected chi connectivity index (χ2v) is 16.9. The first-order chi connectivity index (χ1) is 28.4. The Kier molecular flexibility index (Phi) is 43.8. The van der Waals surface area contributed by atoms with Crippen molar-refractivity contribution < 1.29 is 24.2 Å². The Morgan fingerprint density at radius 2 is 0.897 bits per heavy atom. The third-order valence-corrected chi connectivity index (χ3v) is 11.2. The minimum atomic E-state index is -1.01. The molecule has 0 bridgehead atoms. The molecule has 338 valence electrons. The van der Waals surface area contributed by atoms with Crippen molar-refractivity contribution in [3.63, 3.8) is 0 Å². The largest absolute Gasteiger partial charge is 0.480 e. The van der Waals surface area contributed by atoms with Gasteiger partial charge in [0.1, 0.15) is 12.1 Å². The molecule has 0 rings (SSSR count). The zero-order valence-corrected chi connectivity index (χ0v) is 38.1. The molecule has 0 saturated heterocycles. The molecule has 4 N–H and O–H groups in total. The highest BCUT2D eigenvalue weighted by Gasteiger charge is 2.19. The molecule has 58 heavy (non-hydrogen) atoms. The Hall–Kier alpha value is -2.41. The Morgan fingerprint density at radius 1 is 0.500 bits per heavy atom. The van der Waals surface area contributed by atoms with E-state index >= 15 is 0 Å². The van der Waals surface area contributed by atoms with Crippen LogP contribution in [0.2, 0.25) is 0 Å². The monoisotopic (exact) mass is 815 g/mol. The Labute approximate surface area is 358 Å². The van der Waals surface area contributed by atoms with Crippen molar-refractivity contribution in [3.8, 4) is 0 Å². The number of esters is 1. The highest BCUT2D eigenvalue weighted by atomic mass is 16.5. The van der Waals surface area contributed by atoms with Gasteiger partial charge in [-0.25, -0.2) is 4.79 Å². The Bertz CT molecular complexity index is 1010. The predicted molar refractivity (Wildman–Crippen MR) is 248 cm³/mol. The van der Waals surface area contributed by atoms with E-state index in [0.717, 1.165) is 83.5 Å². The molecule has 0 aromatic rings. The second kappa shape index (κ2) is 45.7. The molecular weight excluding hydrogens is 721 g/mol. The highest BCUT2D eigenvalue weighted by molar-refractivity contribution is 5.83. The fraction of sp³-hybridized carbons (Fsp3) is 0.824. The normalized spacial score (nSPS) is 12.9. The van der Waals surface area contributed by atoms with Crippen LogP contribution in [-0.2, 0) is 19.1 Å². The summed E-state index contributed by atoms with van der Waals surface area (Å²) >= 11 is 0. The van der Waals surface area contributed by atoms with Crippen molar-refractivity contribution in [1.82, 2.24) is 5.32 Å². The van der Waals surface area contributed by atoms with Gasteiger partial charge in [0.2, 0.25) is 5.91 Å². The SMILES string of the molecule is CCCCCCC/C=C\C/C=C\CCCCCC(CCCCCCCC(=O)NC(CCCN)C(=O)O)OC(=O)CCCCCCCCC/C=C\CCCCCCCC. The molecule has 1 amide bonds. The van der Waals surface area contributed by atoms with Crippen LogP contribution in [0.15, 0.2) is 36.5 Å². The Balaban J connectivity index is 4.35. The van der Waals surface area contributed by atoms with Gasteiger partial charge in [0.25, 0.3) is 0 Å². The van der Waals surface area contributed by atoms with Gasteiger partial charge in [-0.2, -0.15) is 0 Å². The molecule has 0 heterocycles. The number of carbonyl (C=O) groups excluding carboxylic acids is 2. The van der Waals surface area contributed by atoms with Crippen molar-refractivity contribution in [2.75, 3.05) is 6.54 Å². The fourth-order valence-corrected chi connectivity index (χ4v) is 7.42. The van der Waals surface area contributed by atoms with Gasteiger partial charge in [0, 0.05) is 12.8 Å². The van der Waals surface area contributed by atoms with Crippen LogP contribution in [0.4, 0.5) is 0 Å². The first kappa shape index (κ1) is 55.6. The average Bonchev–Trinajstić information content (AvgIpc) is 3.21. The smallest absolute Gasteiger partial charge is 0.326 e. The van der Waals surface area contributed by atoms with Crippen molar-refractivity contribution in [1.29, 1.82) is 0 Å². The van der Waals surface area contributed by atoms with E-state index < -0.39 is 12.0 Å². The molecule has 0 aliphatic carbocycles. The van der Waals surface area contributed by atoms with E-state index in [1.807, 2.05) is 0 Å².